The molecule has 1 saturated carbocycles. The molecule has 2 atom stereocenters. The molecule has 2 aliphatic rings. The molecule has 25 heavy (non-hydrogen) atoms. The molecule has 0 bridgehead atoms. The van der Waals surface area contributed by atoms with Gasteiger partial charge in [-0.25, -0.2) is 0 Å². The van der Waals surface area contributed by atoms with Crippen LogP contribution < -0.4 is 0 Å². The lowest BCUT2D eigenvalue weighted by molar-refractivity contribution is 0.394. The summed E-state index contributed by atoms with van der Waals surface area (Å²) in [6.45, 7) is 0. The molecular weight excluding hydrogens is 306 g/mol. The third-order valence-electron chi connectivity index (χ3n) is 5.22. The number of nitrogens with zero attached hydrogens (tertiary/aromatic N) is 1. The normalized spacial score (nSPS) is 29.0. The molecule has 0 amide bonds. The van der Waals surface area contributed by atoms with Crippen LogP contribution in [-0.4, -0.2) is 5.71 Å². The Labute approximate surface area is 153 Å². The van der Waals surface area contributed by atoms with Crippen LogP contribution in [0.25, 0.3) is 21.9 Å². The third-order valence-corrected chi connectivity index (χ3v) is 5.22. The molecule has 1 fully saturated rings. The molecule has 1 aliphatic carbocycles. The number of para-hydroxylation sites is 1. The van der Waals surface area contributed by atoms with Crippen molar-refractivity contribution in [3.05, 3.63) is 59.8 Å². The van der Waals surface area contributed by atoms with E-state index in [1.807, 2.05) is 42.5 Å². The molecular formula is C23H23NO. The van der Waals surface area contributed by atoms with Crippen molar-refractivity contribution in [1.82, 2.24) is 0 Å². The Morgan fingerprint density at radius 2 is 1.84 bits per heavy atom. The van der Waals surface area contributed by atoms with Crippen LogP contribution in [0, 0.1) is 5.89 Å². The fraction of sp³-hybridized carbons (Fsp3) is 0.348. The van der Waals surface area contributed by atoms with Gasteiger partial charge < -0.3 is 4.42 Å². The van der Waals surface area contributed by atoms with E-state index in [0.29, 0.717) is 35.3 Å². The average Bonchev–Trinajstić information content (AvgIpc) is 3.09. The molecule has 0 N–H and O–H groups in total. The van der Waals surface area contributed by atoms with E-state index in [-0.39, 0.29) is 6.18 Å². The van der Waals surface area contributed by atoms with Crippen molar-refractivity contribution in [2.75, 3.05) is 0 Å². The first-order valence-electron chi connectivity index (χ1n) is 11.2. The van der Waals surface area contributed by atoms with Crippen LogP contribution in [0.2, 0.25) is 0 Å². The van der Waals surface area contributed by atoms with Crippen molar-refractivity contribution in [2.45, 2.75) is 44.9 Å². The predicted molar refractivity (Wildman–Crippen MR) is 104 cm³/mol. The van der Waals surface area contributed by atoms with Gasteiger partial charge in [0.15, 0.2) is 0 Å². The first kappa shape index (κ1) is 11.3. The Hall–Kier alpha value is -2.35. The van der Waals surface area contributed by atoms with Gasteiger partial charge in [0.2, 0.25) is 0 Å². The highest BCUT2D eigenvalue weighted by Crippen LogP contribution is 2.35. The van der Waals surface area contributed by atoms with Crippen LogP contribution in [0.3, 0.4) is 0 Å². The monoisotopic (exact) mass is 333 g/mol. The summed E-state index contributed by atoms with van der Waals surface area (Å²) in [5.41, 5.74) is 3.07. The number of benzene rings is 2. The number of allylic oxidation sites excluding steroid dienone is 1. The van der Waals surface area contributed by atoms with Gasteiger partial charge in [-0.05, 0) is 60.9 Å². The summed E-state index contributed by atoms with van der Waals surface area (Å²) < 4.78 is 40.6. The van der Waals surface area contributed by atoms with E-state index >= 15 is 0 Å². The minimum atomic E-state index is -0.933. The largest absolute Gasteiger partial charge is 0.456 e. The van der Waals surface area contributed by atoms with Gasteiger partial charge in [-0.3, -0.25) is 4.99 Å². The Balaban J connectivity index is 1.60. The maximum absolute atomic E-state index is 8.84. The molecule has 2 unspecified atom stereocenters. The van der Waals surface area contributed by atoms with Crippen molar-refractivity contribution < 1.29 is 9.90 Å². The molecule has 1 aliphatic heterocycles. The Kier molecular flexibility index (Phi) is 2.79. The molecule has 3 aromatic rings. The zero-order valence-electron chi connectivity index (χ0n) is 18.1. The topological polar surface area (TPSA) is 25.5 Å². The Morgan fingerprint density at radius 1 is 1.00 bits per heavy atom. The van der Waals surface area contributed by atoms with Crippen LogP contribution >= 0.6 is 0 Å². The maximum Gasteiger partial charge on any atom is 0.136 e. The highest BCUT2D eigenvalue weighted by atomic mass is 16.3. The van der Waals surface area contributed by atoms with Crippen molar-refractivity contribution >= 4 is 27.7 Å². The Bertz CT molecular complexity index is 1160. The van der Waals surface area contributed by atoms with E-state index in [0.717, 1.165) is 35.6 Å². The van der Waals surface area contributed by atoms with Crippen LogP contribution in [0.15, 0.2) is 63.6 Å². The predicted octanol–water partition coefficient (Wildman–Crippen LogP) is 6.63. The van der Waals surface area contributed by atoms with Gasteiger partial charge in [0, 0.05) is 26.8 Å². The van der Waals surface area contributed by atoms with E-state index in [4.69, 9.17) is 9.90 Å². The SMILES string of the molecule is [2H]C1=C(C2([2H])CCCCC2)C([2H])C([2H])C(c2ccc3c(c2)oc2ccccc23)=N1. The second-order valence-electron chi connectivity index (χ2n) is 6.83. The van der Waals surface area contributed by atoms with Crippen LogP contribution in [0.4, 0.5) is 0 Å². The summed E-state index contributed by atoms with van der Waals surface area (Å²) in [5.74, 6) is -0.918. The molecule has 2 heteroatoms. The molecule has 0 radical (unpaired) electrons. The summed E-state index contributed by atoms with van der Waals surface area (Å²) in [5, 5.41) is 2.04. The lowest BCUT2D eigenvalue weighted by Gasteiger charge is -2.26. The van der Waals surface area contributed by atoms with Crippen molar-refractivity contribution in [3.63, 3.8) is 0 Å². The van der Waals surface area contributed by atoms with Gasteiger partial charge in [0.05, 0.1) is 1.37 Å². The average molecular weight is 333 g/mol. The molecule has 2 aromatic carbocycles. The second-order valence-corrected chi connectivity index (χ2v) is 6.83. The van der Waals surface area contributed by atoms with Crippen LogP contribution in [0.5, 0.6) is 0 Å². The van der Waals surface area contributed by atoms with Gasteiger partial charge in [-0.15, -0.1) is 0 Å². The smallest absolute Gasteiger partial charge is 0.136 e. The number of fused-ring (bicyclic) bond motifs is 3. The molecule has 1 aromatic heterocycles. The fourth-order valence-electron chi connectivity index (χ4n) is 3.85. The van der Waals surface area contributed by atoms with E-state index in [1.165, 1.54) is 0 Å². The summed E-state index contributed by atoms with van der Waals surface area (Å²) in [7, 11) is 0. The number of rotatable bonds is 2. The maximum atomic E-state index is 8.84. The number of hydrogen-bond acceptors (Lipinski definition) is 2. The standard InChI is InChI=1S/C23H23NO/c1-2-6-16(7-3-1)18-11-13-21(24-15-18)17-10-12-20-19-8-4-5-9-22(19)25-23(20)14-17/h4-5,8-10,12,14-16H,1-3,6-7,11,13H2/i11D,13D,15D,16D. The number of hydrogen-bond donors (Lipinski definition) is 0. The van der Waals surface area contributed by atoms with E-state index in [1.54, 1.807) is 0 Å². The number of furan rings is 1. The quantitative estimate of drug-likeness (QED) is 0.516. The first-order chi connectivity index (χ1) is 14.0. The number of aliphatic imine (C=N–C) groups is 1. The summed E-state index contributed by atoms with van der Waals surface area (Å²) >= 11 is 0. The lowest BCUT2D eigenvalue weighted by Crippen LogP contribution is -2.13. The van der Waals surface area contributed by atoms with Gasteiger partial charge in [-0.2, -0.15) is 0 Å². The van der Waals surface area contributed by atoms with Crippen LogP contribution in [-0.2, 0) is 0 Å². The highest BCUT2D eigenvalue weighted by molar-refractivity contribution is 6.09. The molecule has 5 rings (SSSR count). The highest BCUT2D eigenvalue weighted by Gasteiger charge is 2.20. The van der Waals surface area contributed by atoms with Gasteiger partial charge in [0.1, 0.15) is 11.2 Å². The second kappa shape index (κ2) is 6.18. The zero-order valence-corrected chi connectivity index (χ0v) is 14.1. The summed E-state index contributed by atoms with van der Waals surface area (Å²) in [6.07, 6.45) is 2.45. The fourth-order valence-corrected chi connectivity index (χ4v) is 3.85. The van der Waals surface area contributed by atoms with Crippen molar-refractivity contribution in [2.24, 2.45) is 10.9 Å². The molecule has 2 heterocycles. The van der Waals surface area contributed by atoms with Gasteiger partial charge >= 0.3 is 0 Å². The first-order valence-corrected chi connectivity index (χ1v) is 9.04. The minimum absolute atomic E-state index is 0.00472. The molecule has 0 saturated heterocycles. The molecule has 0 spiro atoms. The molecule has 126 valence electrons. The van der Waals surface area contributed by atoms with Crippen molar-refractivity contribution in [3.8, 4) is 0 Å². The van der Waals surface area contributed by atoms with E-state index in [2.05, 4.69) is 4.99 Å². The molecule has 2 nitrogen and oxygen atoms in total. The van der Waals surface area contributed by atoms with E-state index in [9.17, 15) is 0 Å². The van der Waals surface area contributed by atoms with Gasteiger partial charge in [0.25, 0.3) is 0 Å². The zero-order chi connectivity index (χ0) is 20.2. The third kappa shape index (κ3) is 2.70. The summed E-state index contributed by atoms with van der Waals surface area (Å²) in [4.78, 5) is 4.44. The Morgan fingerprint density at radius 3 is 2.76 bits per heavy atom. The van der Waals surface area contributed by atoms with Crippen molar-refractivity contribution in [1.29, 1.82) is 0 Å². The van der Waals surface area contributed by atoms with E-state index < -0.39 is 18.7 Å². The lowest BCUT2D eigenvalue weighted by atomic mass is 9.81. The minimum Gasteiger partial charge on any atom is -0.456 e. The summed E-state index contributed by atoms with van der Waals surface area (Å²) in [6, 6.07) is 13.6. The van der Waals surface area contributed by atoms with Gasteiger partial charge in [-0.1, -0.05) is 43.5 Å². The van der Waals surface area contributed by atoms with Crippen LogP contribution in [0.1, 0.15) is 55.9 Å².